The fourth-order valence-electron chi connectivity index (χ4n) is 0.356. The van der Waals surface area contributed by atoms with Crippen molar-refractivity contribution in [2.45, 2.75) is 0 Å². The summed E-state index contributed by atoms with van der Waals surface area (Å²) in [6.07, 6.45) is 0. The van der Waals surface area contributed by atoms with Gasteiger partial charge in [0.05, 0.1) is 0 Å². The maximum atomic E-state index is 4.82. The van der Waals surface area contributed by atoms with Crippen LogP contribution in [-0.4, -0.2) is 65.0 Å². The topological polar surface area (TPSA) is 36.9 Å². The fourth-order valence-corrected chi connectivity index (χ4v) is 0.356. The van der Waals surface area contributed by atoms with Gasteiger partial charge in [0.1, 0.15) is 6.79 Å². The minimum atomic E-state index is -0.620. The first-order valence-corrected chi connectivity index (χ1v) is 2.51. The van der Waals surface area contributed by atoms with E-state index in [0.717, 1.165) is 0 Å². The van der Waals surface area contributed by atoms with Crippen LogP contribution >= 0.6 is 0 Å². The quantitative estimate of drug-likeness (QED) is 0.389. The van der Waals surface area contributed by atoms with Crippen LogP contribution in [0.1, 0.15) is 0 Å². The van der Waals surface area contributed by atoms with E-state index in [2.05, 4.69) is 14.0 Å². The molecule has 0 atom stereocenters. The van der Waals surface area contributed by atoms with Crippen molar-refractivity contribution in [2.24, 2.45) is 0 Å². The van der Waals surface area contributed by atoms with Crippen molar-refractivity contribution in [3.05, 3.63) is 0 Å². The predicted molar refractivity (Wildman–Crippen MR) is 39.9 cm³/mol. The van der Waals surface area contributed by atoms with E-state index in [-0.39, 0.29) is 36.4 Å². The summed E-state index contributed by atoms with van der Waals surface area (Å²) in [6, 6.07) is 0. The zero-order valence-electron chi connectivity index (χ0n) is 5.92. The molecule has 0 heterocycles. The summed E-state index contributed by atoms with van der Waals surface area (Å²) in [6.45, 7) is 0.173. The third-order valence-corrected chi connectivity index (χ3v) is 0.707. The molecular weight excluding hydrogens is 146 g/mol. The molecule has 0 aromatic carbocycles. The Labute approximate surface area is 83.6 Å². The molecule has 0 bridgehead atoms. The van der Waals surface area contributed by atoms with Gasteiger partial charge in [-0.25, -0.2) is 0 Å². The third-order valence-electron chi connectivity index (χ3n) is 0.707. The van der Waals surface area contributed by atoms with E-state index < -0.39 is 7.32 Å². The molecule has 0 aliphatic rings. The van der Waals surface area contributed by atoms with Gasteiger partial charge >= 0.3 is 36.9 Å². The van der Waals surface area contributed by atoms with Gasteiger partial charge in [0.25, 0.3) is 0 Å². The first-order valence-electron chi connectivity index (χ1n) is 2.51. The number of rotatable bonds is 5. The van der Waals surface area contributed by atoms with Crippen LogP contribution in [0.2, 0.25) is 0 Å². The van der Waals surface area contributed by atoms with Crippen molar-refractivity contribution < 1.29 is 18.7 Å². The van der Waals surface area contributed by atoms with Gasteiger partial charge < -0.3 is 18.7 Å². The number of methoxy groups -OCH3 is 1. The van der Waals surface area contributed by atoms with Gasteiger partial charge in [-0.3, -0.25) is 0 Å². The Kier molecular flexibility index (Phi) is 13.4. The monoisotopic (exact) mass is 158 g/mol. The maximum absolute atomic E-state index is 4.82. The van der Waals surface area contributed by atoms with Crippen molar-refractivity contribution in [2.75, 3.05) is 28.1 Å². The molecule has 0 aliphatic heterocycles. The average molecular weight is 158 g/mol. The molecule has 6 heteroatoms. The van der Waals surface area contributed by atoms with Crippen LogP contribution in [0, 0.1) is 0 Å². The van der Waals surface area contributed by atoms with Gasteiger partial charge in [-0.1, -0.05) is 0 Å². The Bertz CT molecular complexity index is 61.2. The summed E-state index contributed by atoms with van der Waals surface area (Å²) in [4.78, 5) is 0. The number of hydrogen-bond acceptors (Lipinski definition) is 4. The first kappa shape index (κ1) is 13.5. The van der Waals surface area contributed by atoms with Gasteiger partial charge in [0.2, 0.25) is 0 Å². The molecule has 0 spiro atoms. The molecule has 0 rings (SSSR count). The molecule has 10 heavy (non-hydrogen) atoms. The Morgan fingerprint density at radius 3 is 1.90 bits per heavy atom. The summed E-state index contributed by atoms with van der Waals surface area (Å²) in [7, 11) is 3.89. The van der Waals surface area contributed by atoms with Crippen molar-refractivity contribution in [1.82, 2.24) is 0 Å². The predicted octanol–water partition coefficient (Wildman–Crippen LogP) is -0.764. The Morgan fingerprint density at radius 2 is 1.60 bits per heavy atom. The molecule has 0 fully saturated rings. The normalized spacial score (nSPS) is 8.70. The van der Waals surface area contributed by atoms with Crippen LogP contribution in [0.5, 0.6) is 0 Å². The summed E-state index contributed by atoms with van der Waals surface area (Å²) in [5, 5.41) is 0. The minimum absolute atomic E-state index is 0. The van der Waals surface area contributed by atoms with E-state index in [1.54, 1.807) is 0 Å². The Morgan fingerprint density at radius 1 is 1.10 bits per heavy atom. The van der Waals surface area contributed by atoms with Crippen LogP contribution < -0.4 is 0 Å². The van der Waals surface area contributed by atoms with E-state index in [1.165, 1.54) is 21.3 Å². The summed E-state index contributed by atoms with van der Waals surface area (Å²) < 4.78 is 18.8. The van der Waals surface area contributed by atoms with E-state index in [1.807, 2.05) is 0 Å². The zero-order valence-corrected chi connectivity index (χ0v) is 5.92. The second kappa shape index (κ2) is 9.90. The molecule has 0 amide bonds. The average Bonchev–Trinajstić information content (AvgIpc) is 1.91. The van der Waals surface area contributed by atoms with Gasteiger partial charge in [0, 0.05) is 21.3 Å². The van der Waals surface area contributed by atoms with Gasteiger partial charge in [0.15, 0.2) is 0 Å². The molecule has 0 saturated heterocycles. The van der Waals surface area contributed by atoms with Crippen molar-refractivity contribution >= 4 is 36.9 Å². The molecule has 0 aliphatic carbocycles. The fraction of sp³-hybridized carbons (Fsp3) is 1.00. The zero-order chi connectivity index (χ0) is 7.11. The molecule has 0 aromatic rings. The van der Waals surface area contributed by atoms with Gasteiger partial charge in [-0.05, 0) is 0 Å². The summed E-state index contributed by atoms with van der Waals surface area (Å²) in [5.74, 6) is 0. The SMILES string of the molecule is COCOB(OC)OC.[NaH]. The summed E-state index contributed by atoms with van der Waals surface area (Å²) in [5.41, 5.74) is 0. The Balaban J connectivity index is 0. The molecule has 4 nitrogen and oxygen atoms in total. The molecular formula is C4H12BNaO4. The van der Waals surface area contributed by atoms with Crippen molar-refractivity contribution in [3.63, 3.8) is 0 Å². The molecule has 0 unspecified atom stereocenters. The summed E-state index contributed by atoms with van der Waals surface area (Å²) >= 11 is 0. The third kappa shape index (κ3) is 7.02. The molecule has 0 N–H and O–H groups in total. The number of hydrogen-bond donors (Lipinski definition) is 0. The standard InChI is InChI=1S/C4H11BO4.Na.H/c1-6-4-9-5(7-2)8-3;;/h4H2,1-3H3;;. The van der Waals surface area contributed by atoms with Crippen LogP contribution in [0.25, 0.3) is 0 Å². The second-order valence-corrected chi connectivity index (χ2v) is 1.33. The number of ether oxygens (including phenoxy) is 1. The van der Waals surface area contributed by atoms with Crippen LogP contribution in [0.3, 0.4) is 0 Å². The van der Waals surface area contributed by atoms with Crippen LogP contribution in [0.4, 0.5) is 0 Å². The molecule has 0 radical (unpaired) electrons. The first-order chi connectivity index (χ1) is 4.35. The van der Waals surface area contributed by atoms with E-state index in [9.17, 15) is 0 Å². The second-order valence-electron chi connectivity index (χ2n) is 1.33. The van der Waals surface area contributed by atoms with Crippen molar-refractivity contribution in [1.29, 1.82) is 0 Å². The Hall–Kier alpha value is 0.905. The van der Waals surface area contributed by atoms with Crippen LogP contribution in [-0.2, 0) is 18.7 Å². The van der Waals surface area contributed by atoms with E-state index in [0.29, 0.717) is 0 Å². The van der Waals surface area contributed by atoms with Gasteiger partial charge in [-0.15, -0.1) is 0 Å². The van der Waals surface area contributed by atoms with Gasteiger partial charge in [-0.2, -0.15) is 0 Å². The van der Waals surface area contributed by atoms with Crippen LogP contribution in [0.15, 0.2) is 0 Å². The molecule has 56 valence electrons. The molecule has 0 saturated carbocycles. The van der Waals surface area contributed by atoms with E-state index in [4.69, 9.17) is 4.65 Å². The molecule has 0 aromatic heterocycles. The van der Waals surface area contributed by atoms with Crippen molar-refractivity contribution in [3.8, 4) is 0 Å². The van der Waals surface area contributed by atoms with E-state index >= 15 is 0 Å².